The minimum atomic E-state index is -0.739. The summed E-state index contributed by atoms with van der Waals surface area (Å²) in [5, 5.41) is 13.8. The Morgan fingerprint density at radius 3 is 2.79 bits per heavy atom. The molecule has 1 atom stereocenters. The normalized spacial score (nSPS) is 16.2. The zero-order valence-electron chi connectivity index (χ0n) is 22.1. The molecule has 1 aromatic carbocycles. The van der Waals surface area contributed by atoms with Crippen LogP contribution in [0.4, 0.5) is 17.5 Å². The van der Waals surface area contributed by atoms with Crippen LogP contribution in [0.1, 0.15) is 25.8 Å². The molecule has 0 bridgehead atoms. The van der Waals surface area contributed by atoms with Crippen molar-refractivity contribution in [1.82, 2.24) is 24.5 Å². The smallest absolute Gasteiger partial charge is 0.226 e. The highest BCUT2D eigenvalue weighted by atomic mass is 16.5. The van der Waals surface area contributed by atoms with Crippen molar-refractivity contribution in [3.05, 3.63) is 72.9 Å². The Hall–Kier alpha value is -4.31. The number of benzene rings is 1. The van der Waals surface area contributed by atoms with Gasteiger partial charge in [0.25, 0.3) is 0 Å². The van der Waals surface area contributed by atoms with E-state index in [0.29, 0.717) is 35.1 Å². The molecule has 0 saturated carbocycles. The molecule has 0 spiro atoms. The maximum atomic E-state index is 10.4. The van der Waals surface area contributed by atoms with Crippen molar-refractivity contribution in [3.8, 4) is 11.5 Å². The number of nitrogens with one attached hydrogen (secondary N) is 1. The molecule has 1 unspecified atom stereocenters. The predicted molar refractivity (Wildman–Crippen MR) is 147 cm³/mol. The Morgan fingerprint density at radius 1 is 1.21 bits per heavy atom. The third-order valence-corrected chi connectivity index (χ3v) is 6.82. The maximum absolute atomic E-state index is 10.4. The second-order valence-corrected chi connectivity index (χ2v) is 10.1. The summed E-state index contributed by atoms with van der Waals surface area (Å²) in [6.45, 7) is 10.9. The number of aromatic nitrogens is 5. The summed E-state index contributed by atoms with van der Waals surface area (Å²) >= 11 is 0. The number of aryl methyl sites for hydroxylation is 2. The topological polar surface area (TPSA) is 114 Å². The van der Waals surface area contributed by atoms with E-state index in [1.165, 1.54) is 12.5 Å². The fourth-order valence-corrected chi connectivity index (χ4v) is 4.54. The zero-order valence-corrected chi connectivity index (χ0v) is 22.1. The molecule has 1 fully saturated rings. The summed E-state index contributed by atoms with van der Waals surface area (Å²) in [5.74, 6) is 2.79. The Labute approximate surface area is 221 Å². The maximum Gasteiger partial charge on any atom is 0.226 e. The summed E-state index contributed by atoms with van der Waals surface area (Å²) in [4.78, 5) is 24.5. The Morgan fingerprint density at radius 2 is 2.05 bits per heavy atom. The van der Waals surface area contributed by atoms with Gasteiger partial charge in [-0.1, -0.05) is 6.58 Å². The number of hydrogen-bond acceptors (Lipinski definition) is 9. The largest absolute Gasteiger partial charge is 0.457 e. The van der Waals surface area contributed by atoms with Gasteiger partial charge in [0.1, 0.15) is 34.3 Å². The van der Waals surface area contributed by atoms with E-state index in [9.17, 15) is 5.11 Å². The molecule has 4 heterocycles. The van der Waals surface area contributed by atoms with Gasteiger partial charge in [-0.3, -0.25) is 0 Å². The van der Waals surface area contributed by atoms with E-state index < -0.39 is 5.60 Å². The van der Waals surface area contributed by atoms with Gasteiger partial charge in [-0.15, -0.1) is 0 Å². The number of pyridine rings is 1. The first-order chi connectivity index (χ1) is 18.2. The average Bonchev–Trinajstić information content (AvgIpc) is 3.39. The van der Waals surface area contributed by atoms with E-state index in [-0.39, 0.29) is 5.92 Å². The molecule has 0 amide bonds. The minimum absolute atomic E-state index is 0.164. The zero-order chi connectivity index (χ0) is 26.9. The fraction of sp³-hybridized carbons (Fsp3) is 0.321. The summed E-state index contributed by atoms with van der Waals surface area (Å²) in [6.07, 6.45) is 7.51. The third-order valence-electron chi connectivity index (χ3n) is 6.82. The van der Waals surface area contributed by atoms with Crippen LogP contribution in [0.25, 0.3) is 11.0 Å². The second kappa shape index (κ2) is 10.2. The molecule has 1 saturated heterocycles. The summed E-state index contributed by atoms with van der Waals surface area (Å²) in [6, 6.07) is 9.60. The van der Waals surface area contributed by atoms with E-state index in [4.69, 9.17) is 9.72 Å². The van der Waals surface area contributed by atoms with Crippen LogP contribution in [-0.2, 0) is 7.05 Å². The molecule has 0 aliphatic carbocycles. The molecule has 2 N–H and O–H groups in total. The first-order valence-electron chi connectivity index (χ1n) is 12.5. The van der Waals surface area contributed by atoms with Crippen molar-refractivity contribution in [3.63, 3.8) is 0 Å². The van der Waals surface area contributed by atoms with E-state index >= 15 is 0 Å². The van der Waals surface area contributed by atoms with Crippen molar-refractivity contribution < 1.29 is 9.84 Å². The lowest BCUT2D eigenvalue weighted by Crippen LogP contribution is -2.33. The monoisotopic (exact) mass is 512 g/mol. The number of fused-ring (bicyclic) bond motifs is 1. The number of anilines is 3. The highest BCUT2D eigenvalue weighted by Crippen LogP contribution is 2.31. The summed E-state index contributed by atoms with van der Waals surface area (Å²) in [7, 11) is 1.92. The lowest BCUT2D eigenvalue weighted by Gasteiger charge is -2.25. The van der Waals surface area contributed by atoms with Crippen LogP contribution in [0.5, 0.6) is 11.5 Å². The van der Waals surface area contributed by atoms with Crippen LogP contribution >= 0.6 is 0 Å². The number of hydrogen-bond donors (Lipinski definition) is 2. The van der Waals surface area contributed by atoms with Crippen molar-refractivity contribution in [2.75, 3.05) is 23.3 Å². The first kappa shape index (κ1) is 25.3. The number of nitrogens with zero attached hydrogens (tertiary/aromatic N) is 7. The molecular weight excluding hydrogens is 480 g/mol. The predicted octanol–water partition coefficient (Wildman–Crippen LogP) is 4.24. The van der Waals surface area contributed by atoms with E-state index in [0.717, 1.165) is 35.5 Å². The van der Waals surface area contributed by atoms with Gasteiger partial charge >= 0.3 is 0 Å². The molecule has 5 rings (SSSR count). The van der Waals surface area contributed by atoms with Gasteiger partial charge < -0.3 is 24.6 Å². The number of ether oxygens (including phenoxy) is 1. The van der Waals surface area contributed by atoms with Crippen LogP contribution in [0.2, 0.25) is 0 Å². The molecule has 1 aliphatic rings. The van der Waals surface area contributed by atoms with Gasteiger partial charge in [0.05, 0.1) is 11.8 Å². The summed E-state index contributed by atoms with van der Waals surface area (Å²) < 4.78 is 8.02. The van der Waals surface area contributed by atoms with Crippen LogP contribution < -0.4 is 20.4 Å². The molecule has 10 nitrogen and oxygen atoms in total. The molecule has 196 valence electrons. The van der Waals surface area contributed by atoms with Gasteiger partial charge in [-0.2, -0.15) is 0 Å². The van der Waals surface area contributed by atoms with Gasteiger partial charge in [-0.05, 0) is 57.0 Å². The number of aliphatic hydroxyl groups is 1. The molecule has 4 aromatic rings. The molecule has 38 heavy (non-hydrogen) atoms. The average molecular weight is 513 g/mol. The molecule has 0 radical (unpaired) electrons. The second-order valence-electron chi connectivity index (χ2n) is 10.1. The van der Waals surface area contributed by atoms with E-state index in [2.05, 4.69) is 36.7 Å². The van der Waals surface area contributed by atoms with Crippen molar-refractivity contribution in [2.45, 2.75) is 32.8 Å². The molecule has 10 heteroatoms. The quantitative estimate of drug-likeness (QED) is 0.378. The lowest BCUT2D eigenvalue weighted by atomic mass is 9.91. The standard InChI is InChI=1S/C28H32N8O2/c1-6-29-24-14-21(10-11-35(24)5)38-23-8-7-20(13-18(23)2)33-26-25-22(31-17-32-26)15-30-27(34-25)36-12-9-19(16-36)28(3,4)37/h6-8,10-11,13-15,17,19,37H,1,9,12,16H2,2-5H3,(H,31,32,33)/b29-24-. The van der Waals surface area contributed by atoms with Gasteiger partial charge in [0.15, 0.2) is 5.82 Å². The third kappa shape index (κ3) is 5.35. The van der Waals surface area contributed by atoms with Crippen LogP contribution in [0, 0.1) is 12.8 Å². The minimum Gasteiger partial charge on any atom is -0.457 e. The van der Waals surface area contributed by atoms with Gasteiger partial charge in [0.2, 0.25) is 5.95 Å². The highest BCUT2D eigenvalue weighted by molar-refractivity contribution is 5.87. The first-order valence-corrected chi connectivity index (χ1v) is 12.5. The fourth-order valence-electron chi connectivity index (χ4n) is 4.54. The van der Waals surface area contributed by atoms with Crippen molar-refractivity contribution in [2.24, 2.45) is 18.0 Å². The molecular formula is C28H32N8O2. The Bertz CT molecular complexity index is 1560. The van der Waals surface area contributed by atoms with Gasteiger partial charge in [-0.25, -0.2) is 24.9 Å². The van der Waals surface area contributed by atoms with E-state index in [1.54, 1.807) is 6.20 Å². The van der Waals surface area contributed by atoms with Crippen molar-refractivity contribution in [1.29, 1.82) is 0 Å². The highest BCUT2D eigenvalue weighted by Gasteiger charge is 2.34. The van der Waals surface area contributed by atoms with Crippen LogP contribution in [0.15, 0.2) is 66.8 Å². The molecule has 1 aliphatic heterocycles. The Kier molecular flexibility index (Phi) is 6.81. The van der Waals surface area contributed by atoms with E-state index in [1.807, 2.05) is 68.9 Å². The van der Waals surface area contributed by atoms with Crippen LogP contribution in [0.3, 0.4) is 0 Å². The number of rotatable bonds is 7. The molecule has 3 aromatic heterocycles. The lowest BCUT2D eigenvalue weighted by molar-refractivity contribution is 0.0263. The van der Waals surface area contributed by atoms with Crippen molar-refractivity contribution >= 4 is 28.5 Å². The summed E-state index contributed by atoms with van der Waals surface area (Å²) in [5.41, 5.74) is 3.09. The van der Waals surface area contributed by atoms with Gasteiger partial charge in [0, 0.05) is 50.2 Å². The SMILES string of the molecule is C=C/N=c1/cc(Oc2ccc(Nc3ncnc4cnc(N5CCC(C(C)(C)O)C5)nc34)cc2C)ccn1C. The Balaban J connectivity index is 1.37. The van der Waals surface area contributed by atoms with Crippen LogP contribution in [-0.4, -0.2) is 48.3 Å².